The highest BCUT2D eigenvalue weighted by molar-refractivity contribution is 5.61. The lowest BCUT2D eigenvalue weighted by Gasteiger charge is -1.97. The van der Waals surface area contributed by atoms with Gasteiger partial charge in [-0.25, -0.2) is 19.4 Å². The summed E-state index contributed by atoms with van der Waals surface area (Å²) in [6.07, 6.45) is 4.23. The Morgan fingerprint density at radius 2 is 1.72 bits per heavy atom. The van der Waals surface area contributed by atoms with E-state index in [1.807, 2.05) is 0 Å². The molecule has 0 heterocycles. The number of rotatable bonds is 3. The van der Waals surface area contributed by atoms with Gasteiger partial charge in [0, 0.05) is 6.54 Å². The van der Waals surface area contributed by atoms with Crippen LogP contribution in [0.15, 0.2) is 33.2 Å². The molecule has 0 radical (unpaired) electrons. The van der Waals surface area contributed by atoms with Crippen molar-refractivity contribution in [3.8, 4) is 0 Å². The van der Waals surface area contributed by atoms with Gasteiger partial charge >= 0.3 is 0 Å². The summed E-state index contributed by atoms with van der Waals surface area (Å²) in [6, 6.07) is 4.88. The van der Waals surface area contributed by atoms with Crippen LogP contribution in [-0.2, 0) is 14.4 Å². The molecule has 0 saturated carbocycles. The molecule has 0 amide bonds. The molecule has 18 heavy (non-hydrogen) atoms. The first kappa shape index (κ1) is 15.4. The van der Waals surface area contributed by atoms with E-state index in [4.69, 9.17) is 4.79 Å². The Morgan fingerprint density at radius 1 is 1.06 bits per heavy atom. The topological polar surface area (TPSA) is 88.3 Å². The van der Waals surface area contributed by atoms with E-state index in [1.165, 1.54) is 24.3 Å². The predicted octanol–water partition coefficient (Wildman–Crippen LogP) is 2.27. The van der Waals surface area contributed by atoms with E-state index in [-0.39, 0.29) is 0 Å². The van der Waals surface area contributed by atoms with Crippen molar-refractivity contribution in [2.45, 2.75) is 13.8 Å². The Hall–Kier alpha value is -2.64. The summed E-state index contributed by atoms with van der Waals surface area (Å²) in [6.45, 7) is 4.12. The minimum absolute atomic E-state index is 0.426. The SMILES string of the molecule is CCN=C=O.Cc1ccc(N=C=O)cc1N=C=O. The fraction of sp³-hybridized carbons (Fsp3) is 0.250. The monoisotopic (exact) mass is 245 g/mol. The quantitative estimate of drug-likeness (QED) is 0.604. The van der Waals surface area contributed by atoms with Crippen LogP contribution in [0.25, 0.3) is 0 Å². The maximum atomic E-state index is 10.00. The van der Waals surface area contributed by atoms with Crippen LogP contribution in [0.4, 0.5) is 11.4 Å². The van der Waals surface area contributed by atoms with Crippen LogP contribution in [0.5, 0.6) is 0 Å². The van der Waals surface area contributed by atoms with Crippen LogP contribution in [0.1, 0.15) is 12.5 Å². The van der Waals surface area contributed by atoms with Gasteiger partial charge < -0.3 is 0 Å². The molecular formula is C12H11N3O3. The Morgan fingerprint density at radius 3 is 2.17 bits per heavy atom. The second-order valence-corrected chi connectivity index (χ2v) is 2.94. The number of hydrogen-bond donors (Lipinski definition) is 0. The minimum atomic E-state index is 0.426. The Labute approximate surface area is 104 Å². The number of benzene rings is 1. The van der Waals surface area contributed by atoms with E-state index in [0.717, 1.165) is 5.56 Å². The first-order valence-corrected chi connectivity index (χ1v) is 4.99. The number of hydrogen-bond acceptors (Lipinski definition) is 6. The highest BCUT2D eigenvalue weighted by atomic mass is 16.1. The fourth-order valence-electron chi connectivity index (χ4n) is 0.954. The first-order chi connectivity index (χ1) is 8.69. The highest BCUT2D eigenvalue weighted by Crippen LogP contribution is 2.23. The molecule has 0 N–H and O–H groups in total. The maximum absolute atomic E-state index is 10.00. The molecule has 92 valence electrons. The summed E-state index contributed by atoms with van der Waals surface area (Å²) >= 11 is 0. The standard InChI is InChI=1S/C9H6N2O2.C3H5NO/c1-7-2-3-8(10-5-12)4-9(7)11-6-13;1-2-4-3-5/h2-4H,1H3;2H2,1H3. The van der Waals surface area contributed by atoms with Crippen molar-refractivity contribution >= 4 is 29.6 Å². The van der Waals surface area contributed by atoms with E-state index in [1.54, 1.807) is 26.0 Å². The lowest BCUT2D eigenvalue weighted by atomic mass is 10.2. The zero-order chi connectivity index (χ0) is 13.8. The average Bonchev–Trinajstić information content (AvgIpc) is 2.36. The van der Waals surface area contributed by atoms with Gasteiger partial charge in [-0.3, -0.25) is 0 Å². The zero-order valence-electron chi connectivity index (χ0n) is 10.0. The molecular weight excluding hydrogens is 234 g/mol. The van der Waals surface area contributed by atoms with Crippen LogP contribution in [-0.4, -0.2) is 24.8 Å². The molecule has 6 nitrogen and oxygen atoms in total. The maximum Gasteiger partial charge on any atom is 0.240 e. The van der Waals surface area contributed by atoms with Crippen LogP contribution in [0.2, 0.25) is 0 Å². The predicted molar refractivity (Wildman–Crippen MR) is 65.4 cm³/mol. The molecule has 0 aromatic heterocycles. The van der Waals surface area contributed by atoms with E-state index >= 15 is 0 Å². The molecule has 1 aromatic rings. The third-order valence-corrected chi connectivity index (χ3v) is 1.76. The van der Waals surface area contributed by atoms with E-state index in [9.17, 15) is 9.59 Å². The second kappa shape index (κ2) is 9.58. The van der Waals surface area contributed by atoms with Gasteiger partial charge in [0.25, 0.3) is 0 Å². The molecule has 6 heteroatoms. The van der Waals surface area contributed by atoms with Gasteiger partial charge in [0.2, 0.25) is 18.2 Å². The minimum Gasteiger partial charge on any atom is -0.211 e. The van der Waals surface area contributed by atoms with Gasteiger partial charge in [-0.1, -0.05) is 6.07 Å². The third-order valence-electron chi connectivity index (χ3n) is 1.76. The van der Waals surface area contributed by atoms with Gasteiger partial charge in [0.1, 0.15) is 0 Å². The van der Waals surface area contributed by atoms with Crippen molar-refractivity contribution in [3.05, 3.63) is 23.8 Å². The molecule has 1 rings (SSSR count). The lowest BCUT2D eigenvalue weighted by molar-refractivity contribution is 0.563. The molecule has 0 aliphatic rings. The first-order valence-electron chi connectivity index (χ1n) is 4.99. The molecule has 0 fully saturated rings. The molecule has 0 aliphatic heterocycles. The zero-order valence-corrected chi connectivity index (χ0v) is 10.0. The molecule has 0 bridgehead atoms. The molecule has 0 aliphatic carbocycles. The number of aliphatic imine (C=N–C) groups is 3. The van der Waals surface area contributed by atoms with Gasteiger partial charge in [-0.2, -0.15) is 9.98 Å². The number of nitrogens with zero attached hydrogens (tertiary/aromatic N) is 3. The Balaban J connectivity index is 0.000000494. The number of aryl methyl sites for hydroxylation is 1. The third kappa shape index (κ3) is 6.05. The number of carbonyl (C=O) groups excluding carboxylic acids is 3. The van der Waals surface area contributed by atoms with Crippen molar-refractivity contribution in [2.24, 2.45) is 15.0 Å². The van der Waals surface area contributed by atoms with Crippen LogP contribution in [0, 0.1) is 6.92 Å². The molecule has 1 aromatic carbocycles. The van der Waals surface area contributed by atoms with Crippen molar-refractivity contribution in [2.75, 3.05) is 6.54 Å². The number of isocyanates is 3. The van der Waals surface area contributed by atoms with Crippen molar-refractivity contribution in [3.63, 3.8) is 0 Å². The highest BCUT2D eigenvalue weighted by Gasteiger charge is 1.97. The summed E-state index contributed by atoms with van der Waals surface area (Å²) in [4.78, 5) is 39.1. The van der Waals surface area contributed by atoms with Gasteiger partial charge in [0.15, 0.2) is 0 Å². The lowest BCUT2D eigenvalue weighted by Crippen LogP contribution is -1.73. The summed E-state index contributed by atoms with van der Waals surface area (Å²) in [5.74, 6) is 0. The van der Waals surface area contributed by atoms with Crippen molar-refractivity contribution in [1.29, 1.82) is 0 Å². The van der Waals surface area contributed by atoms with Crippen LogP contribution in [0.3, 0.4) is 0 Å². The summed E-state index contributed by atoms with van der Waals surface area (Å²) < 4.78 is 0. The molecule has 0 saturated heterocycles. The Bertz CT molecular complexity index is 535. The van der Waals surface area contributed by atoms with Gasteiger partial charge in [-0.15, -0.1) is 0 Å². The van der Waals surface area contributed by atoms with Crippen molar-refractivity contribution < 1.29 is 14.4 Å². The summed E-state index contributed by atoms with van der Waals surface area (Å²) in [5.41, 5.74) is 1.72. The fourth-order valence-corrected chi connectivity index (χ4v) is 0.954. The van der Waals surface area contributed by atoms with E-state index < -0.39 is 0 Å². The largest absolute Gasteiger partial charge is 0.240 e. The normalized spacial score (nSPS) is 7.67. The van der Waals surface area contributed by atoms with Gasteiger partial charge in [0.05, 0.1) is 11.4 Å². The van der Waals surface area contributed by atoms with Crippen LogP contribution >= 0.6 is 0 Å². The Kier molecular flexibility index (Phi) is 8.17. The summed E-state index contributed by atoms with van der Waals surface area (Å²) in [7, 11) is 0. The summed E-state index contributed by atoms with van der Waals surface area (Å²) in [5, 5.41) is 0. The van der Waals surface area contributed by atoms with E-state index in [2.05, 4.69) is 15.0 Å². The van der Waals surface area contributed by atoms with Gasteiger partial charge in [-0.05, 0) is 31.5 Å². The van der Waals surface area contributed by atoms with E-state index in [0.29, 0.717) is 17.9 Å². The smallest absolute Gasteiger partial charge is 0.211 e. The molecule has 0 atom stereocenters. The molecule has 0 spiro atoms. The molecule has 0 unspecified atom stereocenters. The second-order valence-electron chi connectivity index (χ2n) is 2.94. The van der Waals surface area contributed by atoms with Crippen molar-refractivity contribution in [1.82, 2.24) is 0 Å². The average molecular weight is 245 g/mol. The van der Waals surface area contributed by atoms with Crippen LogP contribution < -0.4 is 0 Å².